The number of hydrogen-bond donors (Lipinski definition) is 0. The number of aryl methyl sites for hydroxylation is 12. The molecule has 16 rings (SSSR count). The summed E-state index contributed by atoms with van der Waals surface area (Å²) in [6.45, 7) is 6.24. The Morgan fingerprint density at radius 1 is 0.260 bits per heavy atom. The van der Waals surface area contributed by atoms with Gasteiger partial charge in [-0.3, -0.25) is 0 Å². The Kier molecular flexibility index (Phi) is 11.7. The van der Waals surface area contributed by atoms with Crippen LogP contribution in [0.3, 0.4) is 0 Å². The van der Waals surface area contributed by atoms with Crippen molar-refractivity contribution in [1.29, 1.82) is 0 Å². The summed E-state index contributed by atoms with van der Waals surface area (Å²) in [5.41, 5.74) is 24.4. The molecular weight excluding hydrogens is 1160 g/mol. The molecule has 0 bridgehead atoms. The second kappa shape index (κ2) is 24.2. The van der Waals surface area contributed by atoms with E-state index < -0.39 is 62.8 Å². The molecule has 0 N–H and O–H groups in total. The number of nitrogens with zero attached hydrogens (tertiary/aromatic N) is 4. The molecule has 4 nitrogen and oxygen atoms in total. The first-order valence-electron chi connectivity index (χ1n) is 42.0. The standard InChI is InChI=1S/C24H26N.2C23H24N.C22H22N/c1-15-10-13-20(25(6)14-15)21-16(2)11-12-19-18-9-7-8-17(3)22(18)24(4,5)23(19)21;2*1-15-10-13-20(24(5)14-15)21-16(2)11-12-18-17-8-6-7-9-19(17)23(3,4)22(18)21;1-15-12-13-17-16-9-5-6-10-18(16)22(2,3)21(17)20(15)19-11-7-8-14-23(19)4/h7-14H,1-6H3;2*6-14H,1-5H3;5-14H,1-4H3/q4*+1/i1D3,4D3;1D3,3D3;3D3;2D3. The van der Waals surface area contributed by atoms with Crippen LogP contribution in [0.2, 0.25) is 0 Å². The third-order valence-corrected chi connectivity index (χ3v) is 20.6. The van der Waals surface area contributed by atoms with Crippen LogP contribution in [0.5, 0.6) is 0 Å². The number of hydrogen-bond acceptors (Lipinski definition) is 0. The number of rotatable bonds is 4. The van der Waals surface area contributed by atoms with E-state index in [1.807, 2.05) is 196 Å². The van der Waals surface area contributed by atoms with Crippen LogP contribution in [0.25, 0.3) is 89.5 Å². The van der Waals surface area contributed by atoms with Crippen molar-refractivity contribution in [1.82, 2.24) is 0 Å². The van der Waals surface area contributed by atoms with E-state index in [1.165, 1.54) is 5.56 Å². The van der Waals surface area contributed by atoms with Gasteiger partial charge in [-0.05, 0) is 196 Å². The first-order chi connectivity index (χ1) is 53.1. The first kappa shape index (κ1) is 46.5. The third-order valence-electron chi connectivity index (χ3n) is 20.6. The number of aromatic nitrogens is 4. The molecule has 0 saturated heterocycles. The summed E-state index contributed by atoms with van der Waals surface area (Å²) in [5.74, 6) is 0. The van der Waals surface area contributed by atoms with Gasteiger partial charge in [0.1, 0.15) is 28.2 Å². The van der Waals surface area contributed by atoms with Crippen molar-refractivity contribution in [3.05, 3.63) is 308 Å². The minimum absolute atomic E-state index is 0.251. The van der Waals surface area contributed by atoms with Crippen LogP contribution >= 0.6 is 0 Å². The van der Waals surface area contributed by atoms with Crippen molar-refractivity contribution in [3.8, 4) is 89.5 Å². The van der Waals surface area contributed by atoms with Gasteiger partial charge in [-0.15, -0.1) is 0 Å². The van der Waals surface area contributed by atoms with Gasteiger partial charge in [-0.25, -0.2) is 18.3 Å². The zero-order valence-electron chi connectivity index (χ0n) is 75.6. The van der Waals surface area contributed by atoms with E-state index in [9.17, 15) is 0 Å². The van der Waals surface area contributed by atoms with E-state index >= 15 is 0 Å². The van der Waals surface area contributed by atoms with Crippen molar-refractivity contribution in [3.63, 3.8) is 0 Å². The van der Waals surface area contributed by atoms with Gasteiger partial charge in [0.2, 0.25) is 22.8 Å². The van der Waals surface area contributed by atoms with Gasteiger partial charge in [-0.2, -0.15) is 0 Å². The lowest BCUT2D eigenvalue weighted by Gasteiger charge is -2.26. The molecule has 4 atom stereocenters. The van der Waals surface area contributed by atoms with E-state index in [0.717, 1.165) is 162 Å². The second-order valence-electron chi connectivity index (χ2n) is 27.6. The van der Waals surface area contributed by atoms with Gasteiger partial charge in [-0.1, -0.05) is 195 Å². The number of pyridine rings is 4. The van der Waals surface area contributed by atoms with Gasteiger partial charge in [0.15, 0.2) is 24.8 Å². The Morgan fingerprint density at radius 2 is 0.573 bits per heavy atom. The SMILES string of the molecule is [2H]C([2H])([2H])C1(C)c2ccccc2-c2ccc(C)c(-c3ccc(C)c[n+]3C)c21.[2H]C([2H])([2H])C1(C)c2ccccc2-c2ccc(C)c(-c3cccc[n+]3C)c21.[2H]C([2H])([2H])c1ccc(-c2c(C)ccc3c2C(C)(C([2H])([2H])[2H])c2c(C)cccc2-3)[n+](C)c1.[2H]C([2H])([2H])c1ccc(-c2c(C)ccc3c2C(C)(C([2H])([2H])[2H])c2ccccc2-3)[n+](C)c1. The lowest BCUT2D eigenvalue weighted by atomic mass is 9.77. The zero-order valence-corrected chi connectivity index (χ0v) is 57.6. The Balaban J connectivity index is 0.000000133. The number of benzene rings is 8. The molecule has 96 heavy (non-hydrogen) atoms. The molecule has 4 aliphatic carbocycles. The molecule has 0 aliphatic heterocycles. The molecule has 0 spiro atoms. The Hall–Kier alpha value is -9.64. The molecule has 4 unspecified atom stereocenters. The fraction of sp³-hybridized carbons (Fsp3) is 0.261. The molecule has 8 aromatic carbocycles. The van der Waals surface area contributed by atoms with E-state index in [2.05, 4.69) is 78.6 Å². The summed E-state index contributed by atoms with van der Waals surface area (Å²) in [7, 11) is 7.64. The zero-order chi connectivity index (χ0) is 83.2. The molecule has 0 fully saturated rings. The Morgan fingerprint density at radius 3 is 0.938 bits per heavy atom. The fourth-order valence-electron chi connectivity index (χ4n) is 16.2. The van der Waals surface area contributed by atoms with E-state index in [-0.39, 0.29) is 11.1 Å². The quantitative estimate of drug-likeness (QED) is 0.156. The Labute approximate surface area is 598 Å². The highest BCUT2D eigenvalue weighted by atomic mass is 14.9. The van der Waals surface area contributed by atoms with E-state index in [0.29, 0.717) is 0 Å². The van der Waals surface area contributed by atoms with Crippen molar-refractivity contribution < 1.29 is 42.9 Å². The lowest BCUT2D eigenvalue weighted by Crippen LogP contribution is -2.32. The molecule has 4 aromatic heterocycles. The fourth-order valence-corrected chi connectivity index (χ4v) is 16.2. The maximum Gasteiger partial charge on any atom is 0.212 e. The maximum atomic E-state index is 8.54. The Bertz CT molecular complexity index is 5880. The summed E-state index contributed by atoms with van der Waals surface area (Å²) in [6, 6.07) is 62.9. The van der Waals surface area contributed by atoms with Crippen LogP contribution in [0.15, 0.2) is 219 Å². The van der Waals surface area contributed by atoms with Crippen molar-refractivity contribution >= 4 is 0 Å². The molecule has 0 amide bonds. The normalized spacial score (nSPS) is 21.9. The van der Waals surface area contributed by atoms with Crippen molar-refractivity contribution in [2.45, 2.75) is 132 Å². The van der Waals surface area contributed by atoms with Gasteiger partial charge >= 0.3 is 0 Å². The highest BCUT2D eigenvalue weighted by molar-refractivity contribution is 5.92. The summed E-state index contributed by atoms with van der Waals surface area (Å²) in [6.07, 6.45) is 7.31. The summed E-state index contributed by atoms with van der Waals surface area (Å²) in [5, 5.41) is 0. The van der Waals surface area contributed by atoms with Gasteiger partial charge in [0.25, 0.3) is 0 Å². The van der Waals surface area contributed by atoms with Crippen LogP contribution in [0.1, 0.15) is 169 Å². The highest BCUT2D eigenvalue weighted by Crippen LogP contribution is 2.57. The summed E-state index contributed by atoms with van der Waals surface area (Å²) in [4.78, 5) is 0. The first-order valence-corrected chi connectivity index (χ1v) is 33.0. The summed E-state index contributed by atoms with van der Waals surface area (Å²) >= 11 is 0. The van der Waals surface area contributed by atoms with Crippen LogP contribution in [0.4, 0.5) is 0 Å². The monoisotopic (exact) mass is 1270 g/mol. The average Bonchev–Trinajstić information content (AvgIpc) is 1.58. The lowest BCUT2D eigenvalue weighted by molar-refractivity contribution is -0.660. The third kappa shape index (κ3) is 10.6. The minimum atomic E-state index is -2.27. The van der Waals surface area contributed by atoms with Crippen molar-refractivity contribution in [2.24, 2.45) is 28.2 Å². The highest BCUT2D eigenvalue weighted by Gasteiger charge is 2.44. The van der Waals surface area contributed by atoms with Crippen LogP contribution < -0.4 is 18.3 Å². The predicted molar refractivity (Wildman–Crippen MR) is 400 cm³/mol. The molecule has 480 valence electrons. The largest absolute Gasteiger partial charge is 0.212 e. The van der Waals surface area contributed by atoms with Crippen LogP contribution in [-0.2, 0) is 49.9 Å². The van der Waals surface area contributed by atoms with Gasteiger partial charge in [0, 0.05) is 93.4 Å². The molecule has 0 radical (unpaired) electrons. The van der Waals surface area contributed by atoms with Gasteiger partial charge < -0.3 is 0 Å². The molecule has 4 aliphatic rings. The van der Waals surface area contributed by atoms with E-state index in [4.69, 9.17) is 24.7 Å². The number of fused-ring (bicyclic) bond motifs is 12. The van der Waals surface area contributed by atoms with Gasteiger partial charge in [0.05, 0.1) is 22.3 Å². The molecular formula is C92H96N4+4. The van der Waals surface area contributed by atoms with Crippen LogP contribution in [0, 0.1) is 55.2 Å². The van der Waals surface area contributed by atoms with Crippen molar-refractivity contribution in [2.75, 3.05) is 0 Å². The predicted octanol–water partition coefficient (Wildman–Crippen LogP) is 20.4. The summed E-state index contributed by atoms with van der Waals surface area (Å²) < 4.78 is 155. The topological polar surface area (TPSA) is 15.5 Å². The molecule has 0 saturated carbocycles. The van der Waals surface area contributed by atoms with E-state index in [1.54, 1.807) is 59.8 Å². The minimum Gasteiger partial charge on any atom is -0.201 e. The molecule has 4 heteroatoms. The second-order valence-corrected chi connectivity index (χ2v) is 27.6. The molecule has 4 heterocycles. The smallest absolute Gasteiger partial charge is 0.201 e. The molecule has 12 aromatic rings. The average molecular weight is 1280 g/mol. The maximum absolute atomic E-state index is 8.54. The van der Waals surface area contributed by atoms with Crippen LogP contribution in [-0.4, -0.2) is 0 Å².